The predicted octanol–water partition coefficient (Wildman–Crippen LogP) is 5.20. The van der Waals surface area contributed by atoms with Gasteiger partial charge in [-0.3, -0.25) is 4.79 Å². The zero-order valence-corrected chi connectivity index (χ0v) is 20.0. The van der Waals surface area contributed by atoms with E-state index in [4.69, 9.17) is 4.74 Å². The van der Waals surface area contributed by atoms with Gasteiger partial charge in [-0.25, -0.2) is 8.42 Å². The summed E-state index contributed by atoms with van der Waals surface area (Å²) < 4.78 is 32.6. The van der Waals surface area contributed by atoms with Gasteiger partial charge in [0.25, 0.3) is 5.56 Å². The molecule has 0 aliphatic carbocycles. The van der Waals surface area contributed by atoms with E-state index in [9.17, 15) is 13.2 Å². The van der Waals surface area contributed by atoms with E-state index in [2.05, 4.69) is 5.10 Å². The minimum Gasteiger partial charge on any atom is -0.497 e. The average molecular weight is 483 g/mol. The van der Waals surface area contributed by atoms with Gasteiger partial charge in [0.15, 0.2) is 0 Å². The summed E-state index contributed by atoms with van der Waals surface area (Å²) >= 11 is 0. The van der Waals surface area contributed by atoms with Crippen LogP contribution in [0.15, 0.2) is 112 Å². The van der Waals surface area contributed by atoms with Gasteiger partial charge in [0.05, 0.1) is 33.7 Å². The number of hydrogen-bond donors (Lipinski definition) is 0. The third-order valence-corrected chi connectivity index (χ3v) is 7.68. The van der Waals surface area contributed by atoms with Crippen LogP contribution in [0.4, 0.5) is 0 Å². The Morgan fingerprint density at radius 3 is 1.91 bits per heavy atom. The highest BCUT2D eigenvalue weighted by molar-refractivity contribution is 7.91. The van der Waals surface area contributed by atoms with Crippen molar-refractivity contribution in [1.82, 2.24) is 9.78 Å². The standard InChI is InChI=1S/C28H22N2O4S/c1-19-7-15-23(16-8-19)35(32,33)24-17-11-21(12-18-24)30-28(31)26-6-4-3-5-25(26)27(29-30)20-9-13-22(34-2)14-10-20/h3-18H,1-2H3. The third kappa shape index (κ3) is 4.11. The molecule has 6 nitrogen and oxygen atoms in total. The summed E-state index contributed by atoms with van der Waals surface area (Å²) in [5.74, 6) is 0.719. The van der Waals surface area contributed by atoms with Gasteiger partial charge in [-0.05, 0) is 73.7 Å². The van der Waals surface area contributed by atoms with Crippen molar-refractivity contribution in [3.8, 4) is 22.7 Å². The number of methoxy groups -OCH3 is 1. The van der Waals surface area contributed by atoms with Crippen molar-refractivity contribution >= 4 is 20.6 Å². The van der Waals surface area contributed by atoms with Crippen LogP contribution in [0, 0.1) is 6.92 Å². The van der Waals surface area contributed by atoms with Crippen LogP contribution in [0.5, 0.6) is 5.75 Å². The van der Waals surface area contributed by atoms with E-state index in [0.717, 1.165) is 22.3 Å². The molecule has 0 bridgehead atoms. The summed E-state index contributed by atoms with van der Waals surface area (Å²) in [6, 6.07) is 27.7. The summed E-state index contributed by atoms with van der Waals surface area (Å²) in [6.07, 6.45) is 0. The maximum absolute atomic E-state index is 13.3. The monoisotopic (exact) mass is 482 g/mol. The number of ether oxygens (including phenoxy) is 1. The van der Waals surface area contributed by atoms with Crippen LogP contribution >= 0.6 is 0 Å². The molecule has 4 aromatic carbocycles. The first-order valence-electron chi connectivity index (χ1n) is 11.0. The summed E-state index contributed by atoms with van der Waals surface area (Å²) in [6.45, 7) is 1.90. The highest BCUT2D eigenvalue weighted by Gasteiger charge is 2.18. The molecule has 0 radical (unpaired) electrons. The van der Waals surface area contributed by atoms with Gasteiger partial charge in [-0.1, -0.05) is 35.9 Å². The smallest absolute Gasteiger partial charge is 0.279 e. The van der Waals surface area contributed by atoms with E-state index in [1.807, 2.05) is 49.4 Å². The number of hydrogen-bond acceptors (Lipinski definition) is 5. The topological polar surface area (TPSA) is 78.3 Å². The summed E-state index contributed by atoms with van der Waals surface area (Å²) in [5, 5.41) is 5.92. The predicted molar refractivity (Wildman–Crippen MR) is 136 cm³/mol. The molecule has 0 fully saturated rings. The molecule has 5 rings (SSSR count). The number of fused-ring (bicyclic) bond motifs is 1. The molecule has 0 saturated heterocycles. The molecule has 1 aromatic heterocycles. The molecule has 35 heavy (non-hydrogen) atoms. The fraction of sp³-hybridized carbons (Fsp3) is 0.0714. The molecule has 0 aliphatic rings. The maximum Gasteiger partial charge on any atom is 0.279 e. The number of sulfone groups is 1. The molecule has 0 atom stereocenters. The second-order valence-electron chi connectivity index (χ2n) is 8.15. The lowest BCUT2D eigenvalue weighted by molar-refractivity contribution is 0.415. The fourth-order valence-corrected chi connectivity index (χ4v) is 5.21. The summed E-state index contributed by atoms with van der Waals surface area (Å²) in [7, 11) is -2.07. The zero-order valence-electron chi connectivity index (χ0n) is 19.2. The van der Waals surface area contributed by atoms with Crippen molar-refractivity contribution in [3.63, 3.8) is 0 Å². The second kappa shape index (κ2) is 8.85. The van der Waals surface area contributed by atoms with Crippen molar-refractivity contribution in [3.05, 3.63) is 113 Å². The molecule has 0 aliphatic heterocycles. The van der Waals surface area contributed by atoms with Crippen LogP contribution < -0.4 is 10.3 Å². The van der Waals surface area contributed by atoms with Crippen LogP contribution in [0.25, 0.3) is 27.7 Å². The largest absolute Gasteiger partial charge is 0.497 e. The summed E-state index contributed by atoms with van der Waals surface area (Å²) in [4.78, 5) is 13.7. The summed E-state index contributed by atoms with van der Waals surface area (Å²) in [5.41, 5.74) is 2.63. The second-order valence-corrected chi connectivity index (χ2v) is 10.1. The molecule has 7 heteroatoms. The van der Waals surface area contributed by atoms with Crippen molar-refractivity contribution in [1.29, 1.82) is 0 Å². The highest BCUT2D eigenvalue weighted by Crippen LogP contribution is 2.28. The first-order valence-corrected chi connectivity index (χ1v) is 12.5. The lowest BCUT2D eigenvalue weighted by atomic mass is 10.0. The Morgan fingerprint density at radius 2 is 1.31 bits per heavy atom. The van der Waals surface area contributed by atoms with E-state index in [-0.39, 0.29) is 15.4 Å². The van der Waals surface area contributed by atoms with E-state index in [1.165, 1.54) is 16.8 Å². The van der Waals surface area contributed by atoms with E-state index in [0.29, 0.717) is 16.8 Å². The Bertz CT molecular complexity index is 1690. The molecule has 5 aromatic rings. The molecular weight excluding hydrogens is 460 g/mol. The number of nitrogens with zero attached hydrogens (tertiary/aromatic N) is 2. The maximum atomic E-state index is 13.3. The first kappa shape index (κ1) is 22.6. The van der Waals surface area contributed by atoms with Crippen molar-refractivity contribution in [2.24, 2.45) is 0 Å². The molecule has 0 N–H and O–H groups in total. The van der Waals surface area contributed by atoms with E-state index in [1.54, 1.807) is 49.6 Å². The Labute approximate surface area is 203 Å². The Morgan fingerprint density at radius 1 is 0.743 bits per heavy atom. The van der Waals surface area contributed by atoms with Crippen molar-refractivity contribution < 1.29 is 13.2 Å². The normalized spacial score (nSPS) is 11.5. The Hall–Kier alpha value is -4.23. The average Bonchev–Trinajstić information content (AvgIpc) is 2.89. The first-order chi connectivity index (χ1) is 16.9. The Kier molecular flexibility index (Phi) is 5.70. The lowest BCUT2D eigenvalue weighted by Crippen LogP contribution is -2.22. The van der Waals surface area contributed by atoms with Gasteiger partial charge < -0.3 is 4.74 Å². The highest BCUT2D eigenvalue weighted by atomic mass is 32.2. The fourth-order valence-electron chi connectivity index (χ4n) is 3.95. The van der Waals surface area contributed by atoms with Crippen molar-refractivity contribution in [2.75, 3.05) is 7.11 Å². The molecule has 0 spiro atoms. The number of benzene rings is 4. The SMILES string of the molecule is COc1ccc(-c2nn(-c3ccc(S(=O)(=O)c4ccc(C)cc4)cc3)c(=O)c3ccccc23)cc1. The van der Waals surface area contributed by atoms with Crippen LogP contribution in [0.3, 0.4) is 0 Å². The van der Waals surface area contributed by atoms with Crippen LogP contribution in [-0.4, -0.2) is 25.3 Å². The van der Waals surface area contributed by atoms with Gasteiger partial charge >= 0.3 is 0 Å². The molecule has 0 unspecified atom stereocenters. The van der Waals surface area contributed by atoms with Gasteiger partial charge in [-0.15, -0.1) is 0 Å². The van der Waals surface area contributed by atoms with Crippen molar-refractivity contribution in [2.45, 2.75) is 16.7 Å². The number of rotatable bonds is 5. The molecule has 0 saturated carbocycles. The van der Waals surface area contributed by atoms with Gasteiger partial charge in [0.2, 0.25) is 9.84 Å². The van der Waals surface area contributed by atoms with Crippen LogP contribution in [-0.2, 0) is 9.84 Å². The third-order valence-electron chi connectivity index (χ3n) is 5.89. The van der Waals surface area contributed by atoms with E-state index < -0.39 is 9.84 Å². The number of aromatic nitrogens is 2. The minimum absolute atomic E-state index is 0.148. The quantitative estimate of drug-likeness (QED) is 0.344. The molecule has 1 heterocycles. The van der Waals surface area contributed by atoms with Gasteiger partial charge in [-0.2, -0.15) is 9.78 Å². The van der Waals surface area contributed by atoms with Gasteiger partial charge in [0, 0.05) is 10.9 Å². The molecule has 0 amide bonds. The zero-order chi connectivity index (χ0) is 24.6. The van der Waals surface area contributed by atoms with Crippen LogP contribution in [0.1, 0.15) is 5.56 Å². The Balaban J connectivity index is 1.62. The molecular formula is C28H22N2O4S. The van der Waals surface area contributed by atoms with Gasteiger partial charge in [0.1, 0.15) is 5.75 Å². The lowest BCUT2D eigenvalue weighted by Gasteiger charge is -2.12. The number of aryl methyl sites for hydroxylation is 1. The minimum atomic E-state index is -3.68. The molecule has 174 valence electrons. The van der Waals surface area contributed by atoms with E-state index >= 15 is 0 Å². The van der Waals surface area contributed by atoms with Crippen LogP contribution in [0.2, 0.25) is 0 Å².